The second-order valence-corrected chi connectivity index (χ2v) is 6.10. The molecule has 0 saturated carbocycles. The minimum Gasteiger partial charge on any atom is -0.483 e. The first-order valence-electron chi connectivity index (χ1n) is 7.21. The van der Waals surface area contributed by atoms with Crippen LogP contribution < -0.4 is 0 Å². The van der Waals surface area contributed by atoms with Gasteiger partial charge in [-0.05, 0) is 68.2 Å². The molecular formula is C19H19FO. The summed E-state index contributed by atoms with van der Waals surface area (Å²) in [6.07, 6.45) is 9.30. The predicted molar refractivity (Wildman–Crippen MR) is 84.1 cm³/mol. The lowest BCUT2D eigenvalue weighted by Crippen LogP contribution is -2.26. The second-order valence-electron chi connectivity index (χ2n) is 6.10. The molecule has 3 rings (SSSR count). The molecule has 0 radical (unpaired) electrons. The molecule has 0 saturated heterocycles. The van der Waals surface area contributed by atoms with Crippen molar-refractivity contribution in [3.05, 3.63) is 76.4 Å². The van der Waals surface area contributed by atoms with Crippen LogP contribution in [-0.2, 0) is 4.74 Å². The summed E-state index contributed by atoms with van der Waals surface area (Å²) in [6.45, 7) is 6.25. The molecule has 0 bridgehead atoms. The molecule has 1 aromatic carbocycles. The molecule has 21 heavy (non-hydrogen) atoms. The van der Waals surface area contributed by atoms with E-state index in [1.807, 2.05) is 0 Å². The fourth-order valence-electron chi connectivity index (χ4n) is 2.97. The first-order valence-corrected chi connectivity index (χ1v) is 7.21. The molecular weight excluding hydrogens is 263 g/mol. The Morgan fingerprint density at radius 3 is 2.62 bits per heavy atom. The van der Waals surface area contributed by atoms with Gasteiger partial charge in [-0.25, -0.2) is 4.39 Å². The van der Waals surface area contributed by atoms with Gasteiger partial charge in [0.25, 0.3) is 0 Å². The van der Waals surface area contributed by atoms with Crippen molar-refractivity contribution < 1.29 is 9.13 Å². The second kappa shape index (κ2) is 5.03. The maximum absolute atomic E-state index is 13.0. The highest BCUT2D eigenvalue weighted by Gasteiger charge is 2.28. The molecule has 0 spiro atoms. The molecule has 0 atom stereocenters. The van der Waals surface area contributed by atoms with Crippen molar-refractivity contribution >= 4 is 6.08 Å². The van der Waals surface area contributed by atoms with Crippen LogP contribution in [0.15, 0.2) is 65.0 Å². The Kier molecular flexibility index (Phi) is 3.32. The van der Waals surface area contributed by atoms with Gasteiger partial charge in [-0.3, -0.25) is 0 Å². The Labute approximate surface area is 125 Å². The Morgan fingerprint density at radius 1 is 1.19 bits per heavy atom. The fourth-order valence-corrected chi connectivity index (χ4v) is 2.97. The number of allylic oxidation sites excluding steroid dienone is 5. The quantitative estimate of drug-likeness (QED) is 0.689. The van der Waals surface area contributed by atoms with Gasteiger partial charge < -0.3 is 4.74 Å². The molecule has 1 aromatic rings. The van der Waals surface area contributed by atoms with Gasteiger partial charge in [0.2, 0.25) is 0 Å². The van der Waals surface area contributed by atoms with Crippen LogP contribution in [0, 0.1) is 5.82 Å². The molecule has 0 fully saturated rings. The van der Waals surface area contributed by atoms with Crippen LogP contribution >= 0.6 is 0 Å². The van der Waals surface area contributed by atoms with Gasteiger partial charge in [-0.15, -0.1) is 0 Å². The summed E-state index contributed by atoms with van der Waals surface area (Å²) >= 11 is 0. The maximum atomic E-state index is 13.0. The Hall–Kier alpha value is -2.09. The van der Waals surface area contributed by atoms with E-state index in [2.05, 4.69) is 45.1 Å². The van der Waals surface area contributed by atoms with E-state index in [-0.39, 0.29) is 11.4 Å². The molecule has 1 aliphatic heterocycles. The van der Waals surface area contributed by atoms with Gasteiger partial charge in [0, 0.05) is 5.57 Å². The van der Waals surface area contributed by atoms with Crippen molar-refractivity contribution in [3.63, 3.8) is 0 Å². The lowest BCUT2D eigenvalue weighted by Gasteiger charge is -2.33. The maximum Gasteiger partial charge on any atom is 0.128 e. The van der Waals surface area contributed by atoms with E-state index in [0.717, 1.165) is 17.7 Å². The van der Waals surface area contributed by atoms with E-state index in [0.29, 0.717) is 0 Å². The average Bonchev–Trinajstić information content (AvgIpc) is 2.39. The van der Waals surface area contributed by atoms with Crippen molar-refractivity contribution in [2.24, 2.45) is 0 Å². The van der Waals surface area contributed by atoms with Gasteiger partial charge in [-0.2, -0.15) is 0 Å². The number of rotatable bonds is 1. The highest BCUT2D eigenvalue weighted by Crippen LogP contribution is 2.39. The Balaban J connectivity index is 2.02. The lowest BCUT2D eigenvalue weighted by molar-refractivity contribution is 0.0797. The summed E-state index contributed by atoms with van der Waals surface area (Å²) in [7, 11) is 0. The first-order chi connectivity index (χ1) is 9.94. The van der Waals surface area contributed by atoms with Gasteiger partial charge in [0.1, 0.15) is 17.2 Å². The van der Waals surface area contributed by atoms with Gasteiger partial charge >= 0.3 is 0 Å². The molecule has 0 unspecified atom stereocenters. The number of benzene rings is 1. The SMILES string of the molecule is CC1=CC(C)(C)OC2=C1C(=Cc1ccc(F)cc1)CC=C2. The summed E-state index contributed by atoms with van der Waals surface area (Å²) in [6, 6.07) is 6.58. The van der Waals surface area contributed by atoms with E-state index < -0.39 is 0 Å². The highest BCUT2D eigenvalue weighted by molar-refractivity contribution is 5.66. The zero-order valence-corrected chi connectivity index (χ0v) is 12.6. The van der Waals surface area contributed by atoms with Crippen LogP contribution in [0.5, 0.6) is 0 Å². The smallest absolute Gasteiger partial charge is 0.128 e. The van der Waals surface area contributed by atoms with Crippen molar-refractivity contribution in [2.45, 2.75) is 32.8 Å². The van der Waals surface area contributed by atoms with E-state index in [4.69, 9.17) is 4.74 Å². The summed E-state index contributed by atoms with van der Waals surface area (Å²) < 4.78 is 19.1. The minimum atomic E-state index is -0.272. The Bertz CT molecular complexity index is 685. The van der Waals surface area contributed by atoms with Gasteiger partial charge in [0.15, 0.2) is 0 Å². The third-order valence-corrected chi connectivity index (χ3v) is 3.72. The zero-order chi connectivity index (χ0) is 15.0. The molecule has 1 nitrogen and oxygen atoms in total. The number of ether oxygens (including phenoxy) is 1. The predicted octanol–water partition coefficient (Wildman–Crippen LogP) is 5.18. The third-order valence-electron chi connectivity index (χ3n) is 3.72. The van der Waals surface area contributed by atoms with Crippen LogP contribution in [0.4, 0.5) is 4.39 Å². The molecule has 1 heterocycles. The first kappa shape index (κ1) is 13.9. The van der Waals surface area contributed by atoms with E-state index in [1.54, 1.807) is 12.1 Å². The van der Waals surface area contributed by atoms with Crippen molar-refractivity contribution in [3.8, 4) is 0 Å². The Morgan fingerprint density at radius 2 is 1.90 bits per heavy atom. The minimum absolute atomic E-state index is 0.209. The normalized spacial score (nSPS) is 21.9. The monoisotopic (exact) mass is 282 g/mol. The van der Waals surface area contributed by atoms with Crippen molar-refractivity contribution in [1.82, 2.24) is 0 Å². The van der Waals surface area contributed by atoms with E-state index >= 15 is 0 Å². The molecule has 0 amide bonds. The van der Waals surface area contributed by atoms with Crippen molar-refractivity contribution in [1.29, 1.82) is 0 Å². The third kappa shape index (κ3) is 2.85. The summed E-state index contributed by atoms with van der Waals surface area (Å²) in [5.74, 6) is 0.721. The molecule has 1 aliphatic carbocycles. The topological polar surface area (TPSA) is 9.23 Å². The number of hydrogen-bond acceptors (Lipinski definition) is 1. The number of halogens is 1. The molecule has 108 valence electrons. The lowest BCUT2D eigenvalue weighted by atomic mass is 9.86. The van der Waals surface area contributed by atoms with Crippen LogP contribution in [0.3, 0.4) is 0 Å². The van der Waals surface area contributed by atoms with Gasteiger partial charge in [0.05, 0.1) is 0 Å². The fraction of sp³-hybridized carbons (Fsp3) is 0.263. The molecule has 2 heteroatoms. The van der Waals surface area contributed by atoms with Crippen LogP contribution in [0.25, 0.3) is 6.08 Å². The summed E-state index contributed by atoms with van der Waals surface area (Å²) in [4.78, 5) is 0. The summed E-state index contributed by atoms with van der Waals surface area (Å²) in [5.41, 5.74) is 4.35. The standard InChI is InChI=1S/C19H19FO/c1-13-12-19(2,3)21-17-6-4-5-15(18(13)17)11-14-7-9-16(20)10-8-14/h4,6-12H,5H2,1-3H3. The van der Waals surface area contributed by atoms with Crippen LogP contribution in [0.1, 0.15) is 32.8 Å². The zero-order valence-electron chi connectivity index (χ0n) is 12.6. The highest BCUT2D eigenvalue weighted by atomic mass is 19.1. The number of hydrogen-bond donors (Lipinski definition) is 0. The van der Waals surface area contributed by atoms with Gasteiger partial charge in [-0.1, -0.05) is 24.3 Å². The van der Waals surface area contributed by atoms with E-state index in [9.17, 15) is 4.39 Å². The van der Waals surface area contributed by atoms with Crippen LogP contribution in [0.2, 0.25) is 0 Å². The molecule has 0 N–H and O–H groups in total. The summed E-state index contributed by atoms with van der Waals surface area (Å²) in [5, 5.41) is 0. The largest absolute Gasteiger partial charge is 0.483 e. The molecule has 2 aliphatic rings. The average molecular weight is 282 g/mol. The van der Waals surface area contributed by atoms with E-state index in [1.165, 1.54) is 28.9 Å². The molecule has 0 aromatic heterocycles. The van der Waals surface area contributed by atoms with Crippen molar-refractivity contribution in [2.75, 3.05) is 0 Å². The van der Waals surface area contributed by atoms with Crippen LogP contribution in [-0.4, -0.2) is 5.60 Å².